The average Bonchev–Trinajstić information content (AvgIpc) is 2.98. The van der Waals surface area contributed by atoms with Crippen molar-refractivity contribution in [3.63, 3.8) is 0 Å². The monoisotopic (exact) mass is 543 g/mol. The Kier molecular flexibility index (Phi) is 18.6. The molecule has 0 fully saturated rings. The van der Waals surface area contributed by atoms with E-state index in [4.69, 9.17) is 4.99 Å². The molecule has 4 nitrogen and oxygen atoms in total. The van der Waals surface area contributed by atoms with Crippen LogP contribution in [0.1, 0.15) is 6.92 Å². The molecule has 0 heterocycles. The SMILES string of the molecule is C=C\C=C/N=C(C=C)/C(=C/C=C)/N=C(\C=C)N(C(/C=C\C=C)=C/C=C)C(/C=C(C=C)\C(=C\C=C)C(\O)=C/C)=C/C=C. The van der Waals surface area contributed by atoms with Gasteiger partial charge in [0.15, 0.2) is 0 Å². The Labute approximate surface area is 246 Å². The molecule has 0 aliphatic heterocycles. The molecule has 0 saturated carbocycles. The summed E-state index contributed by atoms with van der Waals surface area (Å²) < 4.78 is 0. The molecule has 41 heavy (non-hydrogen) atoms. The van der Waals surface area contributed by atoms with Gasteiger partial charge in [-0.3, -0.25) is 9.89 Å². The van der Waals surface area contributed by atoms with Gasteiger partial charge < -0.3 is 5.11 Å². The lowest BCUT2D eigenvalue weighted by molar-refractivity contribution is 0.424. The van der Waals surface area contributed by atoms with Gasteiger partial charge in [-0.15, -0.1) is 0 Å². The molecule has 0 aromatic heterocycles. The second-order valence-corrected chi connectivity index (χ2v) is 7.64. The molecule has 0 spiro atoms. The number of aliphatic imine (C=N–C) groups is 2. The number of aliphatic hydroxyl groups excluding tert-OH is 1. The molecule has 0 radical (unpaired) electrons. The zero-order valence-corrected chi connectivity index (χ0v) is 24.1. The van der Waals surface area contributed by atoms with Crippen LogP contribution in [0.4, 0.5) is 0 Å². The van der Waals surface area contributed by atoms with Crippen LogP contribution in [0.15, 0.2) is 219 Å². The molecular weight excluding hydrogens is 502 g/mol. The summed E-state index contributed by atoms with van der Waals surface area (Å²) >= 11 is 0. The molecular formula is C37H41N3O. The number of allylic oxidation sites excluding steroid dienone is 18. The van der Waals surface area contributed by atoms with Crippen molar-refractivity contribution in [2.75, 3.05) is 0 Å². The van der Waals surface area contributed by atoms with Crippen LogP contribution < -0.4 is 0 Å². The van der Waals surface area contributed by atoms with Crippen LogP contribution in [-0.4, -0.2) is 21.6 Å². The summed E-state index contributed by atoms with van der Waals surface area (Å²) in [6, 6.07) is 0. The van der Waals surface area contributed by atoms with E-state index in [1.54, 1.807) is 104 Å². The molecule has 0 aliphatic carbocycles. The second kappa shape index (κ2) is 21.5. The molecule has 0 rings (SSSR count). The van der Waals surface area contributed by atoms with E-state index in [-0.39, 0.29) is 5.76 Å². The molecule has 4 heteroatoms. The van der Waals surface area contributed by atoms with E-state index in [9.17, 15) is 5.11 Å². The Morgan fingerprint density at radius 3 is 1.78 bits per heavy atom. The molecule has 0 atom stereocenters. The van der Waals surface area contributed by atoms with Crippen molar-refractivity contribution in [2.45, 2.75) is 6.92 Å². The number of amidine groups is 1. The van der Waals surface area contributed by atoms with Crippen LogP contribution in [0, 0.1) is 0 Å². The largest absolute Gasteiger partial charge is 0.508 e. The molecule has 0 amide bonds. The predicted octanol–water partition coefficient (Wildman–Crippen LogP) is 9.84. The van der Waals surface area contributed by atoms with Crippen molar-refractivity contribution in [3.05, 3.63) is 209 Å². The van der Waals surface area contributed by atoms with Crippen LogP contribution in [0.25, 0.3) is 0 Å². The van der Waals surface area contributed by atoms with Gasteiger partial charge in [-0.05, 0) is 67.2 Å². The standard InChI is InChI=1S/C37H41N3O/c1-11-21-27-31(23-13-3)40(32(24-14-4)29-30(17-7)33(25-15-5)36(41)19-9)37(20-10)39-35(26-16-6)34(18-8)38-28-22-12-2/h11-29,41H,1-8,10H2,9H3/b27-21-,28-22-,30-29-,31-23+,32-24+,33-25-,35-26-,36-19+,38-34+,39-37+. The summed E-state index contributed by atoms with van der Waals surface area (Å²) in [7, 11) is 0. The first-order chi connectivity index (χ1) is 19.9. The fourth-order valence-corrected chi connectivity index (χ4v) is 3.23. The van der Waals surface area contributed by atoms with Gasteiger partial charge in [0.1, 0.15) is 11.6 Å². The van der Waals surface area contributed by atoms with Crippen molar-refractivity contribution < 1.29 is 5.11 Å². The third-order valence-corrected chi connectivity index (χ3v) is 4.98. The van der Waals surface area contributed by atoms with Crippen LogP contribution in [-0.2, 0) is 0 Å². The topological polar surface area (TPSA) is 48.2 Å². The van der Waals surface area contributed by atoms with Gasteiger partial charge in [0, 0.05) is 23.2 Å². The van der Waals surface area contributed by atoms with Crippen LogP contribution >= 0.6 is 0 Å². The van der Waals surface area contributed by atoms with Crippen LogP contribution in [0.2, 0.25) is 0 Å². The van der Waals surface area contributed by atoms with Crippen LogP contribution in [0.3, 0.4) is 0 Å². The van der Waals surface area contributed by atoms with Gasteiger partial charge in [0.25, 0.3) is 0 Å². The highest BCUT2D eigenvalue weighted by Gasteiger charge is 2.18. The number of aliphatic hydroxyl groups is 1. The lowest BCUT2D eigenvalue weighted by Gasteiger charge is -2.28. The smallest absolute Gasteiger partial charge is 0.137 e. The van der Waals surface area contributed by atoms with Crippen molar-refractivity contribution in [2.24, 2.45) is 9.98 Å². The quantitative estimate of drug-likeness (QED) is 0.0809. The van der Waals surface area contributed by atoms with E-state index in [2.05, 4.69) is 64.2 Å². The van der Waals surface area contributed by atoms with E-state index in [0.29, 0.717) is 39.8 Å². The van der Waals surface area contributed by atoms with Gasteiger partial charge in [-0.1, -0.05) is 114 Å². The Hall–Kier alpha value is -5.48. The summed E-state index contributed by atoms with van der Waals surface area (Å²) in [6.07, 6.45) is 32.0. The summed E-state index contributed by atoms with van der Waals surface area (Å²) in [5.74, 6) is 0.502. The highest BCUT2D eigenvalue weighted by molar-refractivity contribution is 6.11. The zero-order chi connectivity index (χ0) is 31.0. The number of hydrogen-bond acceptors (Lipinski definition) is 3. The summed E-state index contributed by atoms with van der Waals surface area (Å²) in [5.41, 5.74) is 3.44. The number of hydrogen-bond donors (Lipinski definition) is 1. The van der Waals surface area contributed by atoms with E-state index in [1.807, 2.05) is 23.1 Å². The predicted molar refractivity (Wildman–Crippen MR) is 184 cm³/mol. The van der Waals surface area contributed by atoms with E-state index in [0.717, 1.165) is 0 Å². The van der Waals surface area contributed by atoms with Gasteiger partial charge in [0.05, 0.1) is 11.4 Å². The lowest BCUT2D eigenvalue weighted by atomic mass is 10.0. The molecule has 0 unspecified atom stereocenters. The van der Waals surface area contributed by atoms with Crippen LogP contribution in [0.5, 0.6) is 0 Å². The summed E-state index contributed by atoms with van der Waals surface area (Å²) in [5, 5.41) is 10.6. The number of nitrogens with zero attached hydrogens (tertiary/aromatic N) is 3. The van der Waals surface area contributed by atoms with Crippen molar-refractivity contribution in [1.82, 2.24) is 4.90 Å². The van der Waals surface area contributed by atoms with E-state index in [1.165, 1.54) is 0 Å². The van der Waals surface area contributed by atoms with E-state index < -0.39 is 0 Å². The fourth-order valence-electron chi connectivity index (χ4n) is 3.23. The fraction of sp³-hybridized carbons (Fsp3) is 0.0270. The van der Waals surface area contributed by atoms with E-state index >= 15 is 0 Å². The first-order valence-electron chi connectivity index (χ1n) is 12.7. The van der Waals surface area contributed by atoms with Gasteiger partial charge in [-0.2, -0.15) is 0 Å². The van der Waals surface area contributed by atoms with Gasteiger partial charge in [0.2, 0.25) is 0 Å². The third-order valence-electron chi connectivity index (χ3n) is 4.98. The minimum atomic E-state index is 0.0715. The second-order valence-electron chi connectivity index (χ2n) is 7.64. The molecule has 0 saturated heterocycles. The Morgan fingerprint density at radius 2 is 1.29 bits per heavy atom. The maximum atomic E-state index is 10.6. The van der Waals surface area contributed by atoms with Crippen molar-refractivity contribution >= 4 is 11.5 Å². The molecule has 0 aromatic carbocycles. The minimum Gasteiger partial charge on any atom is -0.508 e. The normalized spacial score (nSPS) is 14.5. The lowest BCUT2D eigenvalue weighted by Crippen LogP contribution is -2.28. The van der Waals surface area contributed by atoms with Gasteiger partial charge in [-0.25, -0.2) is 4.99 Å². The Morgan fingerprint density at radius 1 is 0.683 bits per heavy atom. The Bertz CT molecular complexity index is 1340. The Balaban J connectivity index is 7.92. The van der Waals surface area contributed by atoms with Gasteiger partial charge >= 0.3 is 0 Å². The molecule has 0 aliphatic rings. The minimum absolute atomic E-state index is 0.0715. The highest BCUT2D eigenvalue weighted by atomic mass is 16.3. The first-order valence-corrected chi connectivity index (χ1v) is 12.7. The third kappa shape index (κ3) is 11.8. The molecule has 210 valence electrons. The molecule has 1 N–H and O–H groups in total. The first kappa shape index (κ1) is 35.5. The molecule has 0 bridgehead atoms. The number of rotatable bonds is 18. The zero-order valence-electron chi connectivity index (χ0n) is 24.1. The van der Waals surface area contributed by atoms with Crippen molar-refractivity contribution in [3.8, 4) is 0 Å². The highest BCUT2D eigenvalue weighted by Crippen LogP contribution is 2.26. The maximum Gasteiger partial charge on any atom is 0.137 e. The molecule has 0 aromatic rings. The summed E-state index contributed by atoms with van der Waals surface area (Å²) in [4.78, 5) is 11.2. The summed E-state index contributed by atoms with van der Waals surface area (Å²) in [6.45, 7) is 36.5. The average molecular weight is 544 g/mol. The van der Waals surface area contributed by atoms with Crippen molar-refractivity contribution in [1.29, 1.82) is 0 Å². The maximum absolute atomic E-state index is 10.6.